The molecule has 3 heterocycles. The van der Waals surface area contributed by atoms with Gasteiger partial charge in [-0.2, -0.15) is 0 Å². The minimum atomic E-state index is 0.151. The Morgan fingerprint density at radius 1 is 1.26 bits per heavy atom. The minimum Gasteiger partial charge on any atom is -0.380 e. The fourth-order valence-corrected chi connectivity index (χ4v) is 4.05. The van der Waals surface area contributed by atoms with Gasteiger partial charge in [-0.3, -0.25) is 0 Å². The molecule has 4 rings (SSSR count). The maximum absolute atomic E-state index is 4.46. The van der Waals surface area contributed by atoms with Crippen LogP contribution >= 0.6 is 15.9 Å². The zero-order valence-corrected chi connectivity index (χ0v) is 17.6. The number of benzene rings is 1. The molecule has 0 aliphatic carbocycles. The number of anilines is 2. The third-order valence-electron chi connectivity index (χ3n) is 4.77. The van der Waals surface area contributed by atoms with E-state index < -0.39 is 0 Å². The van der Waals surface area contributed by atoms with Crippen LogP contribution in [0, 0.1) is 5.41 Å². The standard InChI is InChI=1S/C20H25BrN6/c1-20(2,3)12-27-16-7-6-15(17(21)18(16)25-26-27)24-11-13-8-10-23-19-14(13)5-4-9-22-19/h6-8,10,24H,4-5,9,11-12H2,1-3H3,(H,22,23). The van der Waals surface area contributed by atoms with Crippen LogP contribution in [0.25, 0.3) is 11.0 Å². The molecule has 0 spiro atoms. The summed E-state index contributed by atoms with van der Waals surface area (Å²) in [7, 11) is 0. The van der Waals surface area contributed by atoms with E-state index in [0.29, 0.717) is 0 Å². The first-order chi connectivity index (χ1) is 12.9. The second kappa shape index (κ2) is 7.11. The van der Waals surface area contributed by atoms with E-state index in [4.69, 9.17) is 0 Å². The van der Waals surface area contributed by atoms with Crippen molar-refractivity contribution in [2.45, 2.75) is 46.7 Å². The van der Waals surface area contributed by atoms with Gasteiger partial charge in [0.05, 0.1) is 15.7 Å². The number of nitrogens with one attached hydrogen (secondary N) is 2. The lowest BCUT2D eigenvalue weighted by atomic mass is 9.97. The first-order valence-electron chi connectivity index (χ1n) is 9.38. The van der Waals surface area contributed by atoms with E-state index in [2.05, 4.69) is 80.8 Å². The summed E-state index contributed by atoms with van der Waals surface area (Å²) >= 11 is 3.72. The zero-order valence-electron chi connectivity index (χ0n) is 16.0. The van der Waals surface area contributed by atoms with Crippen molar-refractivity contribution in [1.82, 2.24) is 20.0 Å². The van der Waals surface area contributed by atoms with Crippen molar-refractivity contribution >= 4 is 38.5 Å². The highest BCUT2D eigenvalue weighted by Gasteiger charge is 2.18. The number of hydrogen-bond donors (Lipinski definition) is 2. The highest BCUT2D eigenvalue weighted by Crippen LogP contribution is 2.32. The van der Waals surface area contributed by atoms with Crippen LogP contribution in [-0.2, 0) is 19.5 Å². The highest BCUT2D eigenvalue weighted by molar-refractivity contribution is 9.10. The van der Waals surface area contributed by atoms with Crippen LogP contribution < -0.4 is 10.6 Å². The van der Waals surface area contributed by atoms with Gasteiger partial charge >= 0.3 is 0 Å². The lowest BCUT2D eigenvalue weighted by molar-refractivity contribution is 0.327. The van der Waals surface area contributed by atoms with E-state index in [1.54, 1.807) is 0 Å². The Labute approximate surface area is 167 Å². The first-order valence-corrected chi connectivity index (χ1v) is 10.2. The van der Waals surface area contributed by atoms with E-state index in [9.17, 15) is 0 Å². The molecule has 142 valence electrons. The van der Waals surface area contributed by atoms with E-state index in [1.165, 1.54) is 11.1 Å². The molecule has 0 fully saturated rings. The van der Waals surface area contributed by atoms with Gasteiger partial charge in [0, 0.05) is 25.8 Å². The predicted molar refractivity (Wildman–Crippen MR) is 113 cm³/mol. The van der Waals surface area contributed by atoms with Crippen molar-refractivity contribution in [3.05, 3.63) is 40.0 Å². The van der Waals surface area contributed by atoms with Crippen molar-refractivity contribution in [2.24, 2.45) is 5.41 Å². The Balaban J connectivity index is 1.58. The predicted octanol–water partition coefficient (Wildman–Crippen LogP) is 4.61. The summed E-state index contributed by atoms with van der Waals surface area (Å²) < 4.78 is 2.94. The number of pyridine rings is 1. The molecule has 0 saturated carbocycles. The Morgan fingerprint density at radius 2 is 2.11 bits per heavy atom. The molecule has 3 aromatic rings. The summed E-state index contributed by atoms with van der Waals surface area (Å²) in [5, 5.41) is 15.7. The fraction of sp³-hybridized carbons (Fsp3) is 0.450. The smallest absolute Gasteiger partial charge is 0.129 e. The maximum atomic E-state index is 4.46. The molecular weight excluding hydrogens is 404 g/mol. The van der Waals surface area contributed by atoms with Crippen LogP contribution in [0.3, 0.4) is 0 Å². The Morgan fingerprint density at radius 3 is 2.93 bits per heavy atom. The summed E-state index contributed by atoms with van der Waals surface area (Å²) in [4.78, 5) is 4.46. The molecule has 1 aliphatic rings. The topological polar surface area (TPSA) is 67.7 Å². The summed E-state index contributed by atoms with van der Waals surface area (Å²) in [6.45, 7) is 9.20. The van der Waals surface area contributed by atoms with Crippen molar-refractivity contribution < 1.29 is 0 Å². The first kappa shape index (κ1) is 18.2. The molecule has 27 heavy (non-hydrogen) atoms. The molecular formula is C20H25BrN6. The number of halogens is 1. The molecule has 0 atom stereocenters. The van der Waals surface area contributed by atoms with Crippen LogP contribution in [0.5, 0.6) is 0 Å². The van der Waals surface area contributed by atoms with Gasteiger partial charge < -0.3 is 10.6 Å². The second-order valence-electron chi connectivity index (χ2n) is 8.28. The summed E-state index contributed by atoms with van der Waals surface area (Å²) in [5.41, 5.74) is 5.73. The van der Waals surface area contributed by atoms with Gasteiger partial charge in [0.1, 0.15) is 11.3 Å². The second-order valence-corrected chi connectivity index (χ2v) is 9.08. The molecule has 0 radical (unpaired) electrons. The molecule has 0 bridgehead atoms. The van der Waals surface area contributed by atoms with Crippen LogP contribution in [0.1, 0.15) is 38.3 Å². The van der Waals surface area contributed by atoms with Gasteiger partial charge in [0.15, 0.2) is 0 Å². The Hall–Kier alpha value is -2.15. The number of rotatable bonds is 4. The van der Waals surface area contributed by atoms with Crippen LogP contribution in [0.4, 0.5) is 11.5 Å². The lowest BCUT2D eigenvalue weighted by Crippen LogP contribution is -2.16. The molecule has 0 unspecified atom stereocenters. The Bertz CT molecular complexity index is 972. The Kier molecular flexibility index (Phi) is 4.80. The number of fused-ring (bicyclic) bond motifs is 2. The molecule has 0 amide bonds. The number of nitrogens with zero attached hydrogens (tertiary/aromatic N) is 4. The van der Waals surface area contributed by atoms with Crippen molar-refractivity contribution in [1.29, 1.82) is 0 Å². The average molecular weight is 429 g/mol. The molecule has 2 N–H and O–H groups in total. The molecule has 6 nitrogen and oxygen atoms in total. The van der Waals surface area contributed by atoms with E-state index in [0.717, 1.165) is 59.5 Å². The molecule has 2 aromatic heterocycles. The van der Waals surface area contributed by atoms with Gasteiger partial charge in [-0.1, -0.05) is 26.0 Å². The van der Waals surface area contributed by atoms with Gasteiger partial charge in [0.2, 0.25) is 0 Å². The largest absolute Gasteiger partial charge is 0.380 e. The zero-order chi connectivity index (χ0) is 19.0. The third-order valence-corrected chi connectivity index (χ3v) is 5.57. The molecule has 1 aliphatic heterocycles. The monoisotopic (exact) mass is 428 g/mol. The van der Waals surface area contributed by atoms with Gasteiger partial charge in [-0.05, 0) is 63.5 Å². The fourth-order valence-electron chi connectivity index (χ4n) is 3.50. The summed E-state index contributed by atoms with van der Waals surface area (Å²) in [6, 6.07) is 6.30. The molecule has 7 heteroatoms. The average Bonchev–Trinajstić information content (AvgIpc) is 3.03. The van der Waals surface area contributed by atoms with E-state index >= 15 is 0 Å². The SMILES string of the molecule is CC(C)(C)Cn1nnc2c(Br)c(NCc3ccnc4c3CCCN4)ccc21. The molecule has 0 saturated heterocycles. The minimum absolute atomic E-state index is 0.151. The van der Waals surface area contributed by atoms with Crippen molar-refractivity contribution in [3.63, 3.8) is 0 Å². The summed E-state index contributed by atoms with van der Waals surface area (Å²) in [6.07, 6.45) is 4.11. The van der Waals surface area contributed by atoms with Crippen molar-refractivity contribution in [3.8, 4) is 0 Å². The quantitative estimate of drug-likeness (QED) is 0.634. The van der Waals surface area contributed by atoms with E-state index in [1.807, 2.05) is 10.9 Å². The van der Waals surface area contributed by atoms with E-state index in [-0.39, 0.29) is 5.41 Å². The van der Waals surface area contributed by atoms with Crippen LogP contribution in [-0.4, -0.2) is 26.5 Å². The molecule has 1 aromatic carbocycles. The van der Waals surface area contributed by atoms with Crippen LogP contribution in [0.2, 0.25) is 0 Å². The third kappa shape index (κ3) is 3.78. The van der Waals surface area contributed by atoms with Gasteiger partial charge in [-0.25, -0.2) is 9.67 Å². The van der Waals surface area contributed by atoms with Crippen LogP contribution in [0.15, 0.2) is 28.9 Å². The lowest BCUT2D eigenvalue weighted by Gasteiger charge is -2.20. The highest BCUT2D eigenvalue weighted by atomic mass is 79.9. The summed E-state index contributed by atoms with van der Waals surface area (Å²) in [5.74, 6) is 1.03. The normalized spacial score (nSPS) is 14.1. The van der Waals surface area contributed by atoms with Gasteiger partial charge in [0.25, 0.3) is 0 Å². The van der Waals surface area contributed by atoms with Gasteiger partial charge in [-0.15, -0.1) is 5.10 Å². The maximum Gasteiger partial charge on any atom is 0.129 e. The van der Waals surface area contributed by atoms with Crippen molar-refractivity contribution in [2.75, 3.05) is 17.2 Å². The number of hydrogen-bond acceptors (Lipinski definition) is 5. The number of aromatic nitrogens is 4.